The van der Waals surface area contributed by atoms with Gasteiger partial charge in [-0.15, -0.1) is 11.6 Å². The zero-order chi connectivity index (χ0) is 12.0. The molecule has 1 aromatic rings. The average Bonchev–Trinajstić information content (AvgIpc) is 2.27. The first-order valence-corrected chi connectivity index (χ1v) is 5.70. The van der Waals surface area contributed by atoms with Gasteiger partial charge < -0.3 is 10.3 Å². The van der Waals surface area contributed by atoms with Crippen LogP contribution < -0.4 is 10.7 Å². The number of rotatable bonds is 5. The first-order chi connectivity index (χ1) is 7.65. The van der Waals surface area contributed by atoms with Crippen LogP contribution in [0.3, 0.4) is 0 Å². The number of aromatic nitrogens is 1. The maximum Gasteiger partial charge on any atom is 0.256 e. The van der Waals surface area contributed by atoms with Gasteiger partial charge in [0.25, 0.3) is 5.91 Å². The van der Waals surface area contributed by atoms with Crippen LogP contribution in [0.5, 0.6) is 0 Å². The molecule has 88 valence electrons. The molecule has 0 aliphatic carbocycles. The molecule has 4 nitrogen and oxygen atoms in total. The van der Waals surface area contributed by atoms with Gasteiger partial charge in [0.05, 0.1) is 0 Å². The van der Waals surface area contributed by atoms with Gasteiger partial charge in [0, 0.05) is 30.9 Å². The van der Waals surface area contributed by atoms with E-state index in [4.69, 9.17) is 11.6 Å². The van der Waals surface area contributed by atoms with Crippen LogP contribution in [0.2, 0.25) is 0 Å². The maximum atomic E-state index is 11.6. The third-order valence-corrected chi connectivity index (χ3v) is 2.50. The van der Waals surface area contributed by atoms with Crippen molar-refractivity contribution in [1.82, 2.24) is 10.3 Å². The largest absolute Gasteiger partial charge is 0.367 e. The van der Waals surface area contributed by atoms with Crippen LogP contribution in [0, 0.1) is 5.92 Å². The number of alkyl halides is 1. The predicted octanol–water partition coefficient (Wildman–Crippen LogP) is 1.37. The van der Waals surface area contributed by atoms with Crippen LogP contribution in [0.1, 0.15) is 23.7 Å². The van der Waals surface area contributed by atoms with E-state index in [1.165, 1.54) is 18.5 Å². The van der Waals surface area contributed by atoms with Gasteiger partial charge in [-0.1, -0.05) is 6.92 Å². The second-order valence-corrected chi connectivity index (χ2v) is 4.09. The molecule has 0 bridgehead atoms. The Morgan fingerprint density at radius 1 is 1.62 bits per heavy atom. The van der Waals surface area contributed by atoms with Gasteiger partial charge >= 0.3 is 0 Å². The number of pyridine rings is 1. The van der Waals surface area contributed by atoms with Gasteiger partial charge in [-0.05, 0) is 12.3 Å². The SMILES string of the molecule is CC(CCCl)CNC(=O)c1c[nH]ccc1=O. The molecule has 0 fully saturated rings. The van der Waals surface area contributed by atoms with Crippen molar-refractivity contribution < 1.29 is 4.79 Å². The van der Waals surface area contributed by atoms with E-state index < -0.39 is 0 Å². The summed E-state index contributed by atoms with van der Waals surface area (Å²) in [6, 6.07) is 1.33. The van der Waals surface area contributed by atoms with Crippen molar-refractivity contribution >= 4 is 17.5 Å². The van der Waals surface area contributed by atoms with Gasteiger partial charge in [0.1, 0.15) is 5.56 Å². The average molecular weight is 243 g/mol. The summed E-state index contributed by atoms with van der Waals surface area (Å²) in [5, 5.41) is 2.71. The Balaban J connectivity index is 2.54. The number of carbonyl (C=O) groups excluding carboxylic acids is 1. The lowest BCUT2D eigenvalue weighted by Crippen LogP contribution is -2.31. The molecule has 5 heteroatoms. The molecule has 1 unspecified atom stereocenters. The fourth-order valence-electron chi connectivity index (χ4n) is 1.24. The molecule has 0 aliphatic rings. The molecule has 1 heterocycles. The Bertz CT molecular complexity index is 403. The molecule has 0 aromatic carbocycles. The highest BCUT2D eigenvalue weighted by molar-refractivity contribution is 6.17. The highest BCUT2D eigenvalue weighted by Crippen LogP contribution is 2.01. The van der Waals surface area contributed by atoms with Crippen molar-refractivity contribution in [2.45, 2.75) is 13.3 Å². The van der Waals surface area contributed by atoms with Gasteiger partial charge in [-0.2, -0.15) is 0 Å². The molecule has 2 N–H and O–H groups in total. The summed E-state index contributed by atoms with van der Waals surface area (Å²) in [7, 11) is 0. The third-order valence-electron chi connectivity index (χ3n) is 2.28. The van der Waals surface area contributed by atoms with Gasteiger partial charge in [0.15, 0.2) is 5.43 Å². The highest BCUT2D eigenvalue weighted by Gasteiger charge is 2.10. The van der Waals surface area contributed by atoms with Crippen molar-refractivity contribution in [1.29, 1.82) is 0 Å². The minimum atomic E-state index is -0.344. The van der Waals surface area contributed by atoms with E-state index in [-0.39, 0.29) is 16.9 Å². The van der Waals surface area contributed by atoms with E-state index in [1.807, 2.05) is 6.92 Å². The van der Waals surface area contributed by atoms with Crippen LogP contribution >= 0.6 is 11.6 Å². The number of aromatic amines is 1. The highest BCUT2D eigenvalue weighted by atomic mass is 35.5. The number of carbonyl (C=O) groups is 1. The molecule has 0 saturated heterocycles. The number of H-pyrrole nitrogens is 1. The Hall–Kier alpha value is -1.29. The van der Waals surface area contributed by atoms with Crippen molar-refractivity contribution in [2.75, 3.05) is 12.4 Å². The zero-order valence-corrected chi connectivity index (χ0v) is 9.88. The fraction of sp³-hybridized carbons (Fsp3) is 0.455. The van der Waals surface area contributed by atoms with Gasteiger partial charge in [0.2, 0.25) is 0 Å². The monoisotopic (exact) mass is 242 g/mol. The molecule has 1 rings (SSSR count). The topological polar surface area (TPSA) is 62.0 Å². The summed E-state index contributed by atoms with van der Waals surface area (Å²) in [5.74, 6) is 0.538. The Morgan fingerprint density at radius 2 is 2.38 bits per heavy atom. The van der Waals surface area contributed by atoms with Crippen molar-refractivity contribution in [2.24, 2.45) is 5.92 Å². The van der Waals surface area contributed by atoms with E-state index in [0.29, 0.717) is 18.3 Å². The molecule has 16 heavy (non-hydrogen) atoms. The second-order valence-electron chi connectivity index (χ2n) is 3.72. The number of hydrogen-bond acceptors (Lipinski definition) is 2. The third kappa shape index (κ3) is 3.70. The lowest BCUT2D eigenvalue weighted by molar-refractivity contribution is 0.0946. The quantitative estimate of drug-likeness (QED) is 0.766. The van der Waals surface area contributed by atoms with Crippen LogP contribution in [0.4, 0.5) is 0 Å². The van der Waals surface area contributed by atoms with Crippen molar-refractivity contribution in [3.8, 4) is 0 Å². The molecule has 0 saturated carbocycles. The normalized spacial score (nSPS) is 12.1. The first kappa shape index (κ1) is 12.8. The maximum absolute atomic E-state index is 11.6. The minimum absolute atomic E-state index is 0.139. The number of hydrogen-bond donors (Lipinski definition) is 2. The molecule has 1 aromatic heterocycles. The standard InChI is InChI=1S/C11H15ClN2O2/c1-8(2-4-12)6-14-11(16)9-7-13-5-3-10(9)15/h3,5,7-8H,2,4,6H2,1H3,(H,13,15)(H,14,16). The molecule has 0 aliphatic heterocycles. The van der Waals surface area contributed by atoms with E-state index >= 15 is 0 Å². The molecule has 1 amide bonds. The summed E-state index contributed by atoms with van der Waals surface area (Å²) in [5.41, 5.74) is -0.137. The smallest absolute Gasteiger partial charge is 0.256 e. The fourth-order valence-corrected chi connectivity index (χ4v) is 1.62. The Labute approximate surface area is 99.0 Å². The van der Waals surface area contributed by atoms with Crippen LogP contribution in [0.15, 0.2) is 23.3 Å². The molecule has 0 radical (unpaired) electrons. The molecular formula is C11H15ClN2O2. The Kier molecular flexibility index (Phi) is 5.05. The van der Waals surface area contributed by atoms with Crippen LogP contribution in [-0.2, 0) is 0 Å². The summed E-state index contributed by atoms with van der Waals surface area (Å²) in [6.07, 6.45) is 3.74. The van der Waals surface area contributed by atoms with Crippen LogP contribution in [0.25, 0.3) is 0 Å². The molecule has 1 atom stereocenters. The minimum Gasteiger partial charge on any atom is -0.367 e. The first-order valence-electron chi connectivity index (χ1n) is 5.16. The van der Waals surface area contributed by atoms with E-state index in [0.717, 1.165) is 6.42 Å². The number of nitrogens with one attached hydrogen (secondary N) is 2. The second kappa shape index (κ2) is 6.33. The van der Waals surface area contributed by atoms with E-state index in [1.54, 1.807) is 0 Å². The zero-order valence-electron chi connectivity index (χ0n) is 9.13. The van der Waals surface area contributed by atoms with Crippen molar-refractivity contribution in [3.05, 3.63) is 34.2 Å². The van der Waals surface area contributed by atoms with E-state index in [9.17, 15) is 9.59 Å². The van der Waals surface area contributed by atoms with Crippen LogP contribution in [-0.4, -0.2) is 23.3 Å². The lowest BCUT2D eigenvalue weighted by atomic mass is 10.1. The summed E-state index contributed by atoms with van der Waals surface area (Å²) in [4.78, 5) is 25.7. The van der Waals surface area contributed by atoms with Crippen molar-refractivity contribution in [3.63, 3.8) is 0 Å². The van der Waals surface area contributed by atoms with Gasteiger partial charge in [-0.3, -0.25) is 9.59 Å². The molecular weight excluding hydrogens is 228 g/mol. The number of halogens is 1. The Morgan fingerprint density at radius 3 is 3.00 bits per heavy atom. The predicted molar refractivity (Wildman–Crippen MR) is 63.9 cm³/mol. The van der Waals surface area contributed by atoms with E-state index in [2.05, 4.69) is 10.3 Å². The lowest BCUT2D eigenvalue weighted by Gasteiger charge is -2.10. The number of amides is 1. The van der Waals surface area contributed by atoms with Gasteiger partial charge in [-0.25, -0.2) is 0 Å². The molecule has 0 spiro atoms. The summed E-state index contributed by atoms with van der Waals surface area (Å²) in [6.45, 7) is 2.53. The summed E-state index contributed by atoms with van der Waals surface area (Å²) >= 11 is 5.59. The summed E-state index contributed by atoms with van der Waals surface area (Å²) < 4.78 is 0.